The molecule has 5 aliphatic carbocycles. The maximum absolute atomic E-state index is 14.2. The Morgan fingerprint density at radius 2 is 1.68 bits per heavy atom. The summed E-state index contributed by atoms with van der Waals surface area (Å²) in [6.45, 7) is 11.5. The number of ketones is 1. The first kappa shape index (κ1) is 37.4. The Bertz CT molecular complexity index is 1310. The lowest BCUT2D eigenvalue weighted by atomic mass is 9.41. The van der Waals surface area contributed by atoms with Crippen LogP contribution < -0.4 is 11.1 Å². The molecule has 50 heavy (non-hydrogen) atoms. The van der Waals surface area contributed by atoms with Crippen molar-refractivity contribution in [2.45, 2.75) is 191 Å². The van der Waals surface area contributed by atoms with Crippen LogP contribution in [0.15, 0.2) is 11.6 Å². The van der Waals surface area contributed by atoms with E-state index in [0.717, 1.165) is 82.7 Å². The van der Waals surface area contributed by atoms with Gasteiger partial charge in [0.1, 0.15) is 18.4 Å². The normalized spacial score (nSPS) is 46.2. The molecular weight excluding hydrogens is 628 g/mol. The third-order valence-corrected chi connectivity index (χ3v) is 17.0. The molecule has 2 aliphatic heterocycles. The number of aliphatic hydroxyl groups is 4. The van der Waals surface area contributed by atoms with Crippen LogP contribution in [0, 0.1) is 45.8 Å². The number of hydrogen-bond acceptors (Lipinski definition) is 7. The summed E-state index contributed by atoms with van der Waals surface area (Å²) in [6, 6.07) is 0. The van der Waals surface area contributed by atoms with Crippen molar-refractivity contribution >= 4 is 5.78 Å². The fourth-order valence-electron chi connectivity index (χ4n) is 13.7. The van der Waals surface area contributed by atoms with Crippen molar-refractivity contribution < 1.29 is 35.3 Å². The molecule has 2 saturated heterocycles. The van der Waals surface area contributed by atoms with Crippen LogP contribution in [0.25, 0.3) is 0 Å². The molecule has 6 fully saturated rings. The Morgan fingerprint density at radius 3 is 2.38 bits per heavy atom. The molecule has 8 N–H and O–H groups in total. The van der Waals surface area contributed by atoms with Crippen molar-refractivity contribution in [1.82, 2.24) is 0 Å². The number of piperidine rings is 1. The predicted molar refractivity (Wildman–Crippen MR) is 194 cm³/mol. The van der Waals surface area contributed by atoms with Crippen LogP contribution in [-0.4, -0.2) is 74.0 Å². The second kappa shape index (κ2) is 13.2. The monoisotopic (exact) mass is 700 g/mol. The van der Waals surface area contributed by atoms with E-state index in [1.165, 1.54) is 19.3 Å². The third kappa shape index (κ3) is 5.66. The molecule has 13 atom stereocenters. The second-order valence-corrected chi connectivity index (χ2v) is 19.8. The Balaban J connectivity index is 1.15. The molecule has 8 heteroatoms. The highest BCUT2D eigenvalue weighted by molar-refractivity contribution is 5.95. The quantitative estimate of drug-likeness (QED) is 0.178. The van der Waals surface area contributed by atoms with Gasteiger partial charge in [-0.1, -0.05) is 53.4 Å². The zero-order valence-corrected chi connectivity index (χ0v) is 32.0. The van der Waals surface area contributed by atoms with E-state index in [9.17, 15) is 25.2 Å². The van der Waals surface area contributed by atoms with Gasteiger partial charge in [0.2, 0.25) is 0 Å². The molecule has 0 spiro atoms. The number of carbonyl (C=O) groups excluding carboxylic acids is 1. The number of rotatable bonds is 10. The average molecular weight is 700 g/mol. The lowest BCUT2D eigenvalue weighted by molar-refractivity contribution is -0.699. The molecule has 0 radical (unpaired) electrons. The summed E-state index contributed by atoms with van der Waals surface area (Å²) < 4.78 is 6.47. The molecule has 0 aromatic carbocycles. The van der Waals surface area contributed by atoms with Crippen LogP contribution in [-0.2, 0) is 9.53 Å². The first-order chi connectivity index (χ1) is 23.5. The molecule has 7 aliphatic rings. The number of epoxide rings is 1. The highest BCUT2D eigenvalue weighted by Gasteiger charge is 2.74. The predicted octanol–water partition coefficient (Wildman–Crippen LogP) is 4.89. The minimum absolute atomic E-state index is 0.114. The van der Waals surface area contributed by atoms with Gasteiger partial charge in [0.05, 0.1) is 29.5 Å². The van der Waals surface area contributed by atoms with Crippen LogP contribution in [0.3, 0.4) is 0 Å². The lowest BCUT2D eigenvalue weighted by Crippen LogP contribution is -2.94. The van der Waals surface area contributed by atoms with Crippen molar-refractivity contribution in [3.8, 4) is 0 Å². The molecule has 4 saturated carbocycles. The Morgan fingerprint density at radius 1 is 0.940 bits per heavy atom. The van der Waals surface area contributed by atoms with Gasteiger partial charge in [-0.3, -0.25) is 10.5 Å². The molecule has 2 heterocycles. The van der Waals surface area contributed by atoms with Crippen LogP contribution in [0.5, 0.6) is 0 Å². The largest absolute Gasteiger partial charge is 0.393 e. The standard InChI is InChI=1S/C42H70N2O6/c1-6-17-41(48,36-35(50-36)39(5,47)37(2,3)18-12-26-16-22-44-34(43)23-26)33-15-21-42(49)30-25-32(46)31-24-28(45)13-20-40(31,27-10-8-7-9-11-27)29(30)14-19-38(33,42)4/h25-29,31,33-36,44-45,47-49H,6-24,43H2,1-5H3/p+1/t26?,28-,29+,31+,33+,34?,35-,36+,38+,39-,40-,41+,42-/m0/s1. The summed E-state index contributed by atoms with van der Waals surface area (Å²) in [4.78, 5) is 14.2. The van der Waals surface area contributed by atoms with Crippen molar-refractivity contribution in [3.63, 3.8) is 0 Å². The van der Waals surface area contributed by atoms with Crippen LogP contribution in [0.1, 0.15) is 150 Å². The highest BCUT2D eigenvalue weighted by Crippen LogP contribution is 2.72. The van der Waals surface area contributed by atoms with Crippen LogP contribution in [0.4, 0.5) is 0 Å². The van der Waals surface area contributed by atoms with Crippen molar-refractivity contribution in [1.29, 1.82) is 0 Å². The molecular formula is C42H71N2O6+. The van der Waals surface area contributed by atoms with E-state index in [2.05, 4.69) is 33.0 Å². The minimum atomic E-state index is -1.20. The van der Waals surface area contributed by atoms with Gasteiger partial charge in [0.25, 0.3) is 0 Å². The van der Waals surface area contributed by atoms with Gasteiger partial charge in [-0.2, -0.15) is 0 Å². The number of ether oxygens (including phenoxy) is 1. The fourth-order valence-corrected chi connectivity index (χ4v) is 13.7. The average Bonchev–Trinajstić information content (AvgIpc) is 3.85. The molecule has 8 nitrogen and oxygen atoms in total. The summed E-state index contributed by atoms with van der Waals surface area (Å²) in [5, 5.41) is 51.4. The van der Waals surface area contributed by atoms with Crippen LogP contribution in [0.2, 0.25) is 0 Å². The molecule has 0 aromatic heterocycles. The molecule has 0 bridgehead atoms. The van der Waals surface area contributed by atoms with E-state index < -0.39 is 45.9 Å². The zero-order valence-electron chi connectivity index (χ0n) is 32.0. The number of quaternary nitrogens is 1. The number of aliphatic hydroxyl groups excluding tert-OH is 1. The number of allylic oxidation sites excluding steroid dienone is 1. The van der Waals surface area contributed by atoms with Gasteiger partial charge in [0, 0.05) is 17.8 Å². The minimum Gasteiger partial charge on any atom is -0.393 e. The topological polar surface area (TPSA) is 153 Å². The second-order valence-electron chi connectivity index (χ2n) is 19.8. The number of carbonyl (C=O) groups is 1. The summed E-state index contributed by atoms with van der Waals surface area (Å²) in [5.74, 6) is 0.888. The van der Waals surface area contributed by atoms with Crippen molar-refractivity contribution in [2.75, 3.05) is 6.54 Å². The Labute approximate surface area is 301 Å². The first-order valence-corrected chi connectivity index (χ1v) is 20.9. The number of fused-ring (bicyclic) bond motifs is 5. The summed E-state index contributed by atoms with van der Waals surface area (Å²) in [5.41, 5.74) is 2.44. The van der Waals surface area contributed by atoms with Gasteiger partial charge >= 0.3 is 0 Å². The van der Waals surface area contributed by atoms with E-state index in [-0.39, 0.29) is 35.1 Å². The van der Waals surface area contributed by atoms with E-state index in [0.29, 0.717) is 37.5 Å². The molecule has 284 valence electrons. The summed E-state index contributed by atoms with van der Waals surface area (Å²) >= 11 is 0. The number of nitrogens with two attached hydrogens (primary N) is 2. The molecule has 0 aromatic rings. The van der Waals surface area contributed by atoms with Gasteiger partial charge in [0.15, 0.2) is 5.78 Å². The summed E-state index contributed by atoms with van der Waals surface area (Å²) in [6.07, 6.45) is 16.9. The number of hydrogen-bond donors (Lipinski definition) is 6. The van der Waals surface area contributed by atoms with Gasteiger partial charge < -0.3 is 30.5 Å². The van der Waals surface area contributed by atoms with Crippen molar-refractivity contribution in [2.24, 2.45) is 51.6 Å². The maximum Gasteiger partial charge on any atom is 0.159 e. The zero-order chi connectivity index (χ0) is 35.9. The Kier molecular flexibility index (Phi) is 9.86. The van der Waals surface area contributed by atoms with Crippen LogP contribution >= 0.6 is 0 Å². The highest BCUT2D eigenvalue weighted by atomic mass is 16.6. The summed E-state index contributed by atoms with van der Waals surface area (Å²) in [7, 11) is 0. The SMILES string of the molecule is CCC[C@](O)([C@@H]1O[C@@H]1[C@](C)(O)C(C)(C)CCC1CC[NH2+]C(N)C1)[C@@H]1CC[C@]2(O)C3=CC(=O)[C@H]4C[C@@H](O)CC[C@]4(C4CCCCC4)[C@@H]3CC[C@]12C. The van der Waals surface area contributed by atoms with Gasteiger partial charge in [-0.15, -0.1) is 0 Å². The van der Waals surface area contributed by atoms with Crippen molar-refractivity contribution in [3.05, 3.63) is 11.6 Å². The van der Waals surface area contributed by atoms with E-state index in [1.54, 1.807) is 0 Å². The van der Waals surface area contributed by atoms with E-state index >= 15 is 0 Å². The third-order valence-electron chi connectivity index (χ3n) is 17.0. The first-order valence-electron chi connectivity index (χ1n) is 20.9. The van der Waals surface area contributed by atoms with E-state index in [4.69, 9.17) is 10.5 Å². The Hall–Kier alpha value is -0.870. The molecule has 7 rings (SSSR count). The van der Waals surface area contributed by atoms with Gasteiger partial charge in [-0.05, 0) is 137 Å². The van der Waals surface area contributed by atoms with E-state index in [1.807, 2.05) is 13.0 Å². The molecule has 2 unspecified atom stereocenters. The fraction of sp³-hybridized carbons (Fsp3) is 0.929. The molecule has 0 amide bonds. The smallest absolute Gasteiger partial charge is 0.159 e. The lowest BCUT2D eigenvalue weighted by Gasteiger charge is -2.63. The van der Waals surface area contributed by atoms with Gasteiger partial charge in [-0.25, -0.2) is 0 Å². The maximum atomic E-state index is 14.2.